The molecule has 0 unspecified atom stereocenters. The molecular weight excluding hydrogens is 264 g/mol. The molecule has 0 aliphatic heterocycles. The molecule has 0 fully saturated rings. The molecule has 0 aliphatic rings. The van der Waals surface area contributed by atoms with Crippen LogP contribution in [0.3, 0.4) is 0 Å². The molecule has 0 bridgehead atoms. The van der Waals surface area contributed by atoms with E-state index in [0.29, 0.717) is 0 Å². The first-order chi connectivity index (χ1) is 8.06. The molecule has 104 valence electrons. The lowest BCUT2D eigenvalue weighted by atomic mass is 10.1. The Morgan fingerprint density at radius 3 is 1.41 bits per heavy atom. The van der Waals surface area contributed by atoms with Gasteiger partial charge < -0.3 is 0 Å². The largest absolute Gasteiger partial charge is 0.179 e. The number of rotatable bonds is 12. The Bertz CT molecular complexity index is 157. The Morgan fingerprint density at radius 2 is 1.06 bits per heavy atom. The van der Waals surface area contributed by atoms with Gasteiger partial charge in [0.05, 0.1) is 0 Å². The molecule has 0 N–H and O–H groups in total. The lowest BCUT2D eigenvalue weighted by molar-refractivity contribution is 0.562. The van der Waals surface area contributed by atoms with Crippen LogP contribution in [0.5, 0.6) is 0 Å². The third-order valence-electron chi connectivity index (χ3n) is 3.18. The van der Waals surface area contributed by atoms with Gasteiger partial charge in [-0.2, -0.15) is 23.7 Å². The fraction of sp³-hybridized carbons (Fsp3) is 1.00. The minimum Gasteiger partial charge on any atom is -0.179 e. The van der Waals surface area contributed by atoms with Gasteiger partial charge >= 0.3 is 0 Å². The summed E-state index contributed by atoms with van der Waals surface area (Å²) >= 11 is 10.5. The van der Waals surface area contributed by atoms with Gasteiger partial charge in [-0.15, -0.1) is 0 Å². The van der Waals surface area contributed by atoms with Gasteiger partial charge in [0.1, 0.15) is 7.38 Å². The van der Waals surface area contributed by atoms with E-state index in [1.54, 1.807) is 0 Å². The van der Waals surface area contributed by atoms with Crippen LogP contribution in [-0.4, -0.2) is 13.1 Å². The minimum absolute atomic E-state index is 1.06. The number of hydrogen-bond donors (Lipinski definition) is 1. The molecule has 0 aromatic carbocycles. The van der Waals surface area contributed by atoms with Crippen LogP contribution in [0.25, 0.3) is 0 Å². The van der Waals surface area contributed by atoms with Crippen molar-refractivity contribution < 1.29 is 0 Å². The number of hydrogen-bond acceptors (Lipinski definition) is 1. The Labute approximate surface area is 120 Å². The van der Waals surface area contributed by atoms with Gasteiger partial charge in [-0.25, -0.2) is 0 Å². The van der Waals surface area contributed by atoms with Crippen molar-refractivity contribution in [2.75, 3.05) is 5.75 Å². The number of halogens is 1. The van der Waals surface area contributed by atoms with Crippen LogP contribution in [0.15, 0.2) is 0 Å². The molecule has 0 aromatic heterocycles. The SMILES string of the molecule is C[Si](C)(Cl)CCCCCCCCCCCCS. The first kappa shape index (κ1) is 17.9. The average molecular weight is 295 g/mol. The molecule has 0 nitrogen and oxygen atoms in total. The van der Waals surface area contributed by atoms with Crippen LogP contribution in [0.4, 0.5) is 0 Å². The quantitative estimate of drug-likeness (QED) is 0.187. The maximum Gasteiger partial charge on any atom is 0.150 e. The molecule has 0 atom stereocenters. The van der Waals surface area contributed by atoms with Crippen LogP contribution in [0.2, 0.25) is 19.1 Å². The zero-order chi connectivity index (χ0) is 13.0. The fourth-order valence-corrected chi connectivity index (χ4v) is 3.79. The molecular formula is C14H31ClSSi. The van der Waals surface area contributed by atoms with Crippen LogP contribution < -0.4 is 0 Å². The highest BCUT2D eigenvalue weighted by atomic mass is 35.6. The fourth-order valence-electron chi connectivity index (χ4n) is 2.07. The highest BCUT2D eigenvalue weighted by Crippen LogP contribution is 2.19. The lowest BCUT2D eigenvalue weighted by Crippen LogP contribution is -2.14. The first-order valence-corrected chi connectivity index (χ1v) is 12.2. The predicted molar refractivity (Wildman–Crippen MR) is 88.2 cm³/mol. The van der Waals surface area contributed by atoms with Crippen molar-refractivity contribution in [1.82, 2.24) is 0 Å². The summed E-state index contributed by atoms with van der Waals surface area (Å²) in [6, 6.07) is 1.29. The smallest absolute Gasteiger partial charge is 0.150 e. The molecule has 0 spiro atoms. The standard InChI is InChI=1S/C14H31ClSSi/c1-17(2,15)14-12-10-8-6-4-3-5-7-9-11-13-16/h16H,3-14H2,1-2H3. The summed E-state index contributed by atoms with van der Waals surface area (Å²) in [6.07, 6.45) is 14.0. The molecule has 3 heteroatoms. The highest BCUT2D eigenvalue weighted by molar-refractivity contribution is 7.80. The summed E-state index contributed by atoms with van der Waals surface area (Å²) < 4.78 is 0. The van der Waals surface area contributed by atoms with E-state index in [2.05, 4.69) is 25.7 Å². The Balaban J connectivity index is 2.99. The maximum absolute atomic E-state index is 6.29. The van der Waals surface area contributed by atoms with E-state index >= 15 is 0 Å². The topological polar surface area (TPSA) is 0 Å². The predicted octanol–water partition coefficient (Wildman–Crippen LogP) is 6.26. The van der Waals surface area contributed by atoms with Crippen molar-refractivity contribution in [3.8, 4) is 0 Å². The van der Waals surface area contributed by atoms with E-state index in [9.17, 15) is 0 Å². The average Bonchev–Trinajstić information content (AvgIpc) is 2.24. The van der Waals surface area contributed by atoms with Crippen LogP contribution in [0.1, 0.15) is 64.2 Å². The van der Waals surface area contributed by atoms with E-state index in [1.807, 2.05) is 0 Å². The van der Waals surface area contributed by atoms with E-state index in [0.717, 1.165) is 5.75 Å². The van der Waals surface area contributed by atoms with Gasteiger partial charge in [-0.1, -0.05) is 70.9 Å². The minimum atomic E-state index is -1.29. The summed E-state index contributed by atoms with van der Waals surface area (Å²) in [5.74, 6) is 1.06. The molecule has 0 aromatic rings. The van der Waals surface area contributed by atoms with E-state index in [-0.39, 0.29) is 0 Å². The first-order valence-electron chi connectivity index (χ1n) is 7.36. The molecule has 17 heavy (non-hydrogen) atoms. The van der Waals surface area contributed by atoms with Gasteiger partial charge in [-0.05, 0) is 18.2 Å². The molecule has 0 saturated heterocycles. The summed E-state index contributed by atoms with van der Waals surface area (Å²) in [4.78, 5) is 0. The van der Waals surface area contributed by atoms with Crippen molar-refractivity contribution in [3.05, 3.63) is 0 Å². The van der Waals surface area contributed by atoms with Crippen molar-refractivity contribution in [3.63, 3.8) is 0 Å². The van der Waals surface area contributed by atoms with E-state index in [1.165, 1.54) is 70.3 Å². The van der Waals surface area contributed by atoms with Gasteiger partial charge in [0.15, 0.2) is 0 Å². The summed E-state index contributed by atoms with van der Waals surface area (Å²) in [7, 11) is -1.29. The zero-order valence-corrected chi connectivity index (χ0v) is 14.5. The van der Waals surface area contributed by atoms with E-state index < -0.39 is 7.38 Å². The second-order valence-electron chi connectivity index (χ2n) is 5.73. The van der Waals surface area contributed by atoms with Crippen molar-refractivity contribution in [2.45, 2.75) is 83.3 Å². The summed E-state index contributed by atoms with van der Waals surface area (Å²) in [5.41, 5.74) is 0. The third kappa shape index (κ3) is 16.9. The second kappa shape index (κ2) is 11.9. The highest BCUT2D eigenvalue weighted by Gasteiger charge is 2.15. The molecule has 0 heterocycles. The van der Waals surface area contributed by atoms with Crippen molar-refractivity contribution in [2.24, 2.45) is 0 Å². The van der Waals surface area contributed by atoms with Gasteiger partial charge in [0.25, 0.3) is 0 Å². The molecule has 0 radical (unpaired) electrons. The molecule has 0 saturated carbocycles. The lowest BCUT2D eigenvalue weighted by Gasteiger charge is -2.11. The van der Waals surface area contributed by atoms with Crippen LogP contribution in [-0.2, 0) is 0 Å². The Morgan fingerprint density at radius 1 is 0.706 bits per heavy atom. The summed E-state index contributed by atoms with van der Waals surface area (Å²) in [5, 5.41) is 0. The molecule has 0 rings (SSSR count). The van der Waals surface area contributed by atoms with Gasteiger partial charge in [0.2, 0.25) is 0 Å². The van der Waals surface area contributed by atoms with Crippen LogP contribution >= 0.6 is 23.7 Å². The normalized spacial score (nSPS) is 12.0. The van der Waals surface area contributed by atoms with Gasteiger partial charge in [-0.3, -0.25) is 0 Å². The zero-order valence-electron chi connectivity index (χ0n) is 11.8. The van der Waals surface area contributed by atoms with Crippen molar-refractivity contribution >= 4 is 31.1 Å². The Kier molecular flexibility index (Phi) is 12.5. The monoisotopic (exact) mass is 294 g/mol. The van der Waals surface area contributed by atoms with Gasteiger partial charge in [0, 0.05) is 0 Å². The van der Waals surface area contributed by atoms with E-state index in [4.69, 9.17) is 11.1 Å². The second-order valence-corrected chi connectivity index (χ2v) is 13.2. The molecule has 0 amide bonds. The molecule has 0 aliphatic carbocycles. The van der Waals surface area contributed by atoms with Crippen molar-refractivity contribution in [1.29, 1.82) is 0 Å². The Hall–Kier alpha value is 0.857. The third-order valence-corrected chi connectivity index (χ3v) is 5.61. The maximum atomic E-state index is 6.29. The number of unbranched alkanes of at least 4 members (excludes halogenated alkanes) is 9. The summed E-state index contributed by atoms with van der Waals surface area (Å²) in [6.45, 7) is 4.50. The number of thiol groups is 1. The van der Waals surface area contributed by atoms with Crippen LogP contribution in [0, 0.1) is 0 Å².